The number of ether oxygens (including phenoxy) is 1. The second kappa shape index (κ2) is 4.77. The van der Waals surface area contributed by atoms with Crippen LogP contribution in [-0.2, 0) is 6.42 Å². The lowest BCUT2D eigenvalue weighted by Crippen LogP contribution is -1.91. The molecule has 0 aliphatic heterocycles. The first kappa shape index (κ1) is 9.93. The van der Waals surface area contributed by atoms with Gasteiger partial charge in [0.15, 0.2) is 0 Å². The van der Waals surface area contributed by atoms with Gasteiger partial charge in [0.1, 0.15) is 5.75 Å². The Bertz CT molecular complexity index is 263. The van der Waals surface area contributed by atoms with E-state index in [1.165, 1.54) is 5.56 Å². The minimum atomic E-state index is 0.853. The molecule has 0 atom stereocenters. The predicted molar refractivity (Wildman–Crippen MR) is 58.3 cm³/mol. The molecule has 12 heavy (non-hydrogen) atoms. The number of thiol groups is 1. The molecule has 66 valence electrons. The summed E-state index contributed by atoms with van der Waals surface area (Å²) in [5.74, 6) is 1.74. The highest BCUT2D eigenvalue weighted by Crippen LogP contribution is 2.28. The third kappa shape index (κ3) is 2.17. The summed E-state index contributed by atoms with van der Waals surface area (Å²) < 4.78 is 6.20. The average Bonchev–Trinajstić information content (AvgIpc) is 2.09. The summed E-state index contributed by atoms with van der Waals surface area (Å²) in [5, 5.41) is 0. The second-order valence-corrected chi connectivity index (χ2v) is 3.65. The number of aryl methyl sites for hydroxylation is 1. The van der Waals surface area contributed by atoms with E-state index in [4.69, 9.17) is 4.74 Å². The maximum absolute atomic E-state index is 5.16. The van der Waals surface area contributed by atoms with Crippen LogP contribution in [0.25, 0.3) is 0 Å². The lowest BCUT2D eigenvalue weighted by molar-refractivity contribution is 0.411. The van der Waals surface area contributed by atoms with Crippen molar-refractivity contribution in [2.75, 3.05) is 12.9 Å². The van der Waals surface area contributed by atoms with E-state index in [0.717, 1.165) is 22.4 Å². The van der Waals surface area contributed by atoms with Crippen LogP contribution in [0.1, 0.15) is 5.56 Å². The number of hydrogen-bond donors (Lipinski definition) is 1. The van der Waals surface area contributed by atoms with Crippen LogP contribution in [0, 0.1) is 0 Å². The Morgan fingerprint density at radius 3 is 2.83 bits per heavy atom. The van der Waals surface area contributed by atoms with E-state index in [2.05, 4.69) is 34.6 Å². The number of methoxy groups -OCH3 is 1. The molecule has 0 aromatic heterocycles. The zero-order valence-electron chi connectivity index (χ0n) is 6.88. The first-order valence-electron chi connectivity index (χ1n) is 3.72. The maximum atomic E-state index is 5.16. The molecule has 1 nitrogen and oxygen atoms in total. The van der Waals surface area contributed by atoms with Crippen LogP contribution in [-0.4, -0.2) is 12.9 Å². The van der Waals surface area contributed by atoms with Crippen molar-refractivity contribution in [1.82, 2.24) is 0 Å². The fourth-order valence-electron chi connectivity index (χ4n) is 1.03. The summed E-state index contributed by atoms with van der Waals surface area (Å²) >= 11 is 7.66. The molecule has 3 heteroatoms. The van der Waals surface area contributed by atoms with Gasteiger partial charge in [0.2, 0.25) is 0 Å². The fraction of sp³-hybridized carbons (Fsp3) is 0.333. The predicted octanol–water partition coefficient (Wildman–Crippen LogP) is 2.93. The van der Waals surface area contributed by atoms with Crippen LogP contribution >= 0.6 is 28.6 Å². The molecule has 0 N–H and O–H groups in total. The Morgan fingerprint density at radius 1 is 1.50 bits per heavy atom. The van der Waals surface area contributed by atoms with Gasteiger partial charge in [-0.15, -0.1) is 0 Å². The van der Waals surface area contributed by atoms with Gasteiger partial charge in [-0.3, -0.25) is 0 Å². The number of benzene rings is 1. The van der Waals surface area contributed by atoms with E-state index < -0.39 is 0 Å². The van der Waals surface area contributed by atoms with Gasteiger partial charge in [-0.05, 0) is 39.7 Å². The van der Waals surface area contributed by atoms with Gasteiger partial charge in [0.25, 0.3) is 0 Å². The highest BCUT2D eigenvalue weighted by atomic mass is 79.9. The Labute approximate surface area is 86.7 Å². The highest BCUT2D eigenvalue weighted by molar-refractivity contribution is 9.10. The molecule has 1 rings (SSSR count). The van der Waals surface area contributed by atoms with E-state index >= 15 is 0 Å². The first-order valence-corrected chi connectivity index (χ1v) is 5.14. The quantitative estimate of drug-likeness (QED) is 0.808. The molecule has 0 heterocycles. The zero-order valence-corrected chi connectivity index (χ0v) is 9.36. The van der Waals surface area contributed by atoms with Gasteiger partial charge in [-0.2, -0.15) is 12.6 Å². The minimum Gasteiger partial charge on any atom is -0.496 e. The molecule has 1 aromatic rings. The first-order chi connectivity index (χ1) is 5.79. The summed E-state index contributed by atoms with van der Waals surface area (Å²) in [7, 11) is 1.67. The molecule has 0 aliphatic carbocycles. The van der Waals surface area contributed by atoms with Crippen LogP contribution in [0.4, 0.5) is 0 Å². The van der Waals surface area contributed by atoms with Crippen molar-refractivity contribution in [2.24, 2.45) is 0 Å². The standard InChI is InChI=1S/C9H11BrOS/c1-11-8-4-2-3-7(5-6-12)9(8)10/h2-4,12H,5-6H2,1H3. The van der Waals surface area contributed by atoms with Crippen molar-refractivity contribution in [1.29, 1.82) is 0 Å². The van der Waals surface area contributed by atoms with Crippen LogP contribution in [0.3, 0.4) is 0 Å². The Balaban J connectivity index is 2.97. The van der Waals surface area contributed by atoms with E-state index in [-0.39, 0.29) is 0 Å². The van der Waals surface area contributed by atoms with Gasteiger partial charge in [-0.1, -0.05) is 12.1 Å². The smallest absolute Gasteiger partial charge is 0.133 e. The van der Waals surface area contributed by atoms with E-state index in [1.807, 2.05) is 12.1 Å². The van der Waals surface area contributed by atoms with Crippen molar-refractivity contribution >= 4 is 28.6 Å². The SMILES string of the molecule is COc1cccc(CCS)c1Br. The third-order valence-corrected chi connectivity index (χ3v) is 2.77. The molecule has 0 spiro atoms. The Morgan fingerprint density at radius 2 is 2.25 bits per heavy atom. The van der Waals surface area contributed by atoms with Gasteiger partial charge in [0.05, 0.1) is 11.6 Å². The average molecular weight is 247 g/mol. The van der Waals surface area contributed by atoms with Crippen LogP contribution < -0.4 is 4.74 Å². The highest BCUT2D eigenvalue weighted by Gasteiger charge is 2.03. The molecule has 0 aliphatic rings. The second-order valence-electron chi connectivity index (χ2n) is 2.41. The van der Waals surface area contributed by atoms with Crippen LogP contribution in [0.2, 0.25) is 0 Å². The van der Waals surface area contributed by atoms with Gasteiger partial charge in [0, 0.05) is 0 Å². The Hall–Kier alpha value is -0.150. The third-order valence-electron chi connectivity index (χ3n) is 1.64. The van der Waals surface area contributed by atoms with Crippen molar-refractivity contribution in [2.45, 2.75) is 6.42 Å². The van der Waals surface area contributed by atoms with Crippen LogP contribution in [0.15, 0.2) is 22.7 Å². The summed E-state index contributed by atoms with van der Waals surface area (Å²) in [5.41, 5.74) is 1.24. The van der Waals surface area contributed by atoms with Gasteiger partial charge >= 0.3 is 0 Å². The zero-order chi connectivity index (χ0) is 8.97. The van der Waals surface area contributed by atoms with Crippen molar-refractivity contribution < 1.29 is 4.74 Å². The largest absolute Gasteiger partial charge is 0.496 e. The van der Waals surface area contributed by atoms with Gasteiger partial charge < -0.3 is 4.74 Å². The van der Waals surface area contributed by atoms with Gasteiger partial charge in [-0.25, -0.2) is 0 Å². The fourth-order valence-corrected chi connectivity index (χ4v) is 1.89. The molecule has 0 saturated heterocycles. The topological polar surface area (TPSA) is 9.23 Å². The number of halogens is 1. The molecular weight excluding hydrogens is 236 g/mol. The molecule has 0 fully saturated rings. The number of rotatable bonds is 3. The van der Waals surface area contributed by atoms with E-state index in [1.54, 1.807) is 7.11 Å². The lowest BCUT2D eigenvalue weighted by Gasteiger charge is -2.06. The van der Waals surface area contributed by atoms with Crippen molar-refractivity contribution in [3.63, 3.8) is 0 Å². The number of hydrogen-bond acceptors (Lipinski definition) is 2. The summed E-state index contributed by atoms with van der Waals surface area (Å²) in [6, 6.07) is 6.00. The molecular formula is C9H11BrOS. The molecule has 0 bridgehead atoms. The normalized spacial score (nSPS) is 9.92. The van der Waals surface area contributed by atoms with Crippen molar-refractivity contribution in [3.05, 3.63) is 28.2 Å². The summed E-state index contributed by atoms with van der Waals surface area (Å²) in [4.78, 5) is 0. The summed E-state index contributed by atoms with van der Waals surface area (Å²) in [6.07, 6.45) is 0.959. The Kier molecular flexibility index (Phi) is 3.95. The molecule has 1 aromatic carbocycles. The van der Waals surface area contributed by atoms with Crippen LogP contribution in [0.5, 0.6) is 5.75 Å². The molecule has 0 radical (unpaired) electrons. The molecule has 0 saturated carbocycles. The van der Waals surface area contributed by atoms with Crippen molar-refractivity contribution in [3.8, 4) is 5.75 Å². The monoisotopic (exact) mass is 246 g/mol. The summed E-state index contributed by atoms with van der Waals surface area (Å²) in [6.45, 7) is 0. The van der Waals surface area contributed by atoms with E-state index in [0.29, 0.717) is 0 Å². The minimum absolute atomic E-state index is 0.853. The molecule has 0 unspecified atom stereocenters. The maximum Gasteiger partial charge on any atom is 0.133 e. The lowest BCUT2D eigenvalue weighted by atomic mass is 10.2. The van der Waals surface area contributed by atoms with E-state index in [9.17, 15) is 0 Å². The molecule has 0 amide bonds.